The summed E-state index contributed by atoms with van der Waals surface area (Å²) in [4.78, 5) is 15.4. The van der Waals surface area contributed by atoms with Crippen molar-refractivity contribution in [3.8, 4) is 5.69 Å². The Bertz CT molecular complexity index is 745. The molecule has 0 unspecified atom stereocenters. The molecule has 10 heteroatoms. The maximum Gasteiger partial charge on any atom is 0.409 e. The van der Waals surface area contributed by atoms with E-state index >= 15 is 0 Å². The number of hydrogen-bond donors (Lipinski definition) is 0. The van der Waals surface area contributed by atoms with E-state index in [0.717, 1.165) is 12.1 Å². The summed E-state index contributed by atoms with van der Waals surface area (Å²) in [5, 5.41) is 11.4. The first kappa shape index (κ1) is 17.2. The third-order valence-electron chi connectivity index (χ3n) is 3.95. The molecule has 0 spiro atoms. The van der Waals surface area contributed by atoms with Crippen LogP contribution in [0, 0.1) is 11.6 Å². The molecule has 2 heterocycles. The highest BCUT2D eigenvalue weighted by molar-refractivity contribution is 5.67. The summed E-state index contributed by atoms with van der Waals surface area (Å²) >= 11 is 0. The molecule has 0 saturated carbocycles. The molecule has 2 aromatic rings. The summed E-state index contributed by atoms with van der Waals surface area (Å²) in [5.41, 5.74) is 0.351. The van der Waals surface area contributed by atoms with Crippen LogP contribution in [-0.2, 0) is 11.3 Å². The number of halogens is 2. The molecular formula is C15H18F2N6O2. The molecule has 134 valence electrons. The number of carbonyl (C=O) groups is 1. The summed E-state index contributed by atoms with van der Waals surface area (Å²) < 4.78 is 32.9. The fourth-order valence-electron chi connectivity index (χ4n) is 2.62. The summed E-state index contributed by atoms with van der Waals surface area (Å²) in [5.74, 6) is -1.37. The van der Waals surface area contributed by atoms with Crippen molar-refractivity contribution in [2.75, 3.05) is 32.8 Å². The zero-order valence-electron chi connectivity index (χ0n) is 13.7. The van der Waals surface area contributed by atoms with E-state index in [0.29, 0.717) is 50.8 Å². The third-order valence-corrected chi connectivity index (χ3v) is 3.95. The molecule has 1 saturated heterocycles. The lowest BCUT2D eigenvalue weighted by Crippen LogP contribution is -2.48. The van der Waals surface area contributed by atoms with Gasteiger partial charge in [-0.25, -0.2) is 13.6 Å². The Morgan fingerprint density at radius 3 is 2.64 bits per heavy atom. The molecule has 1 aromatic carbocycles. The van der Waals surface area contributed by atoms with E-state index in [1.807, 2.05) is 0 Å². The van der Waals surface area contributed by atoms with Crippen LogP contribution in [0.3, 0.4) is 0 Å². The van der Waals surface area contributed by atoms with Crippen LogP contribution in [0.25, 0.3) is 5.69 Å². The van der Waals surface area contributed by atoms with Gasteiger partial charge in [0.2, 0.25) is 0 Å². The van der Waals surface area contributed by atoms with Crippen molar-refractivity contribution < 1.29 is 18.3 Å². The van der Waals surface area contributed by atoms with E-state index in [2.05, 4.69) is 20.4 Å². The molecule has 0 N–H and O–H groups in total. The summed E-state index contributed by atoms with van der Waals surface area (Å²) in [6, 6.07) is 3.50. The number of piperazine rings is 1. The Kier molecular flexibility index (Phi) is 5.17. The van der Waals surface area contributed by atoms with E-state index in [1.165, 1.54) is 10.7 Å². The number of benzene rings is 1. The van der Waals surface area contributed by atoms with Crippen molar-refractivity contribution in [3.05, 3.63) is 35.7 Å². The van der Waals surface area contributed by atoms with Gasteiger partial charge >= 0.3 is 6.09 Å². The quantitative estimate of drug-likeness (QED) is 0.823. The molecule has 1 fully saturated rings. The molecule has 8 nitrogen and oxygen atoms in total. The van der Waals surface area contributed by atoms with Gasteiger partial charge in [0.25, 0.3) is 0 Å². The number of tetrazole rings is 1. The van der Waals surface area contributed by atoms with Gasteiger partial charge < -0.3 is 9.64 Å². The molecule has 1 aliphatic heterocycles. The first-order valence-corrected chi connectivity index (χ1v) is 7.95. The predicted molar refractivity (Wildman–Crippen MR) is 82.9 cm³/mol. The Morgan fingerprint density at radius 1 is 1.20 bits per heavy atom. The minimum atomic E-state index is -0.956. The molecule has 0 radical (unpaired) electrons. The highest BCUT2D eigenvalue weighted by atomic mass is 19.2. The van der Waals surface area contributed by atoms with Crippen molar-refractivity contribution in [3.63, 3.8) is 0 Å². The third kappa shape index (κ3) is 3.90. The lowest BCUT2D eigenvalue weighted by atomic mass is 10.3. The topological polar surface area (TPSA) is 76.4 Å². The van der Waals surface area contributed by atoms with Crippen LogP contribution in [-0.4, -0.2) is 68.9 Å². The molecule has 1 aliphatic rings. The first-order valence-electron chi connectivity index (χ1n) is 7.95. The van der Waals surface area contributed by atoms with E-state index < -0.39 is 11.6 Å². The highest BCUT2D eigenvalue weighted by Crippen LogP contribution is 2.15. The molecule has 0 bridgehead atoms. The van der Waals surface area contributed by atoms with Gasteiger partial charge in [0.1, 0.15) is 0 Å². The summed E-state index contributed by atoms with van der Waals surface area (Å²) in [7, 11) is 0. The lowest BCUT2D eigenvalue weighted by molar-refractivity contribution is 0.0770. The van der Waals surface area contributed by atoms with Gasteiger partial charge in [-0.05, 0) is 29.5 Å². The molecule has 1 amide bonds. The van der Waals surface area contributed by atoms with E-state index in [9.17, 15) is 13.6 Å². The fraction of sp³-hybridized carbons (Fsp3) is 0.467. The van der Waals surface area contributed by atoms with E-state index in [-0.39, 0.29) is 6.09 Å². The van der Waals surface area contributed by atoms with Crippen molar-refractivity contribution in [1.82, 2.24) is 30.0 Å². The number of carbonyl (C=O) groups excluding carboxylic acids is 1. The van der Waals surface area contributed by atoms with E-state index in [1.54, 1.807) is 11.8 Å². The van der Waals surface area contributed by atoms with Crippen molar-refractivity contribution in [1.29, 1.82) is 0 Å². The van der Waals surface area contributed by atoms with Crippen LogP contribution in [0.5, 0.6) is 0 Å². The van der Waals surface area contributed by atoms with E-state index in [4.69, 9.17) is 4.74 Å². The van der Waals surface area contributed by atoms with Crippen LogP contribution in [0.2, 0.25) is 0 Å². The standard InChI is InChI=1S/C15H18F2N6O2/c1-2-25-15(24)22-7-5-21(6-8-22)10-14-18-19-20-23(14)11-3-4-12(16)13(17)9-11/h3-4,9H,2,5-8,10H2,1H3. The zero-order valence-corrected chi connectivity index (χ0v) is 13.7. The average molecular weight is 352 g/mol. The van der Waals surface area contributed by atoms with Crippen LogP contribution >= 0.6 is 0 Å². The molecule has 0 aliphatic carbocycles. The summed E-state index contributed by atoms with van der Waals surface area (Å²) in [6.45, 7) is 4.93. The number of aromatic nitrogens is 4. The molecule has 25 heavy (non-hydrogen) atoms. The first-order chi connectivity index (χ1) is 12.1. The van der Waals surface area contributed by atoms with Crippen LogP contribution in [0.4, 0.5) is 13.6 Å². The molecule has 0 atom stereocenters. The summed E-state index contributed by atoms with van der Waals surface area (Å²) in [6.07, 6.45) is -0.311. The maximum atomic E-state index is 13.4. The zero-order chi connectivity index (χ0) is 17.8. The minimum absolute atomic E-state index is 0.311. The van der Waals surface area contributed by atoms with Gasteiger partial charge in [-0.1, -0.05) is 0 Å². The van der Waals surface area contributed by atoms with Crippen LogP contribution < -0.4 is 0 Å². The second-order valence-corrected chi connectivity index (χ2v) is 5.57. The van der Waals surface area contributed by atoms with Crippen LogP contribution in [0.1, 0.15) is 12.7 Å². The largest absolute Gasteiger partial charge is 0.450 e. The van der Waals surface area contributed by atoms with Crippen molar-refractivity contribution in [2.45, 2.75) is 13.5 Å². The van der Waals surface area contributed by atoms with Gasteiger partial charge in [0, 0.05) is 32.2 Å². The van der Waals surface area contributed by atoms with Gasteiger partial charge in [-0.3, -0.25) is 4.90 Å². The van der Waals surface area contributed by atoms with Gasteiger partial charge in [0.15, 0.2) is 17.5 Å². The smallest absolute Gasteiger partial charge is 0.409 e. The number of amides is 1. The van der Waals surface area contributed by atoms with Gasteiger partial charge in [-0.2, -0.15) is 4.68 Å². The Balaban J connectivity index is 1.64. The second-order valence-electron chi connectivity index (χ2n) is 5.57. The highest BCUT2D eigenvalue weighted by Gasteiger charge is 2.23. The monoisotopic (exact) mass is 352 g/mol. The maximum absolute atomic E-state index is 13.4. The normalized spacial score (nSPS) is 15.4. The number of ether oxygens (including phenoxy) is 1. The average Bonchev–Trinajstić information content (AvgIpc) is 3.06. The minimum Gasteiger partial charge on any atom is -0.450 e. The second kappa shape index (κ2) is 7.51. The Labute approximate surface area is 143 Å². The molecule has 1 aromatic heterocycles. The van der Waals surface area contributed by atoms with Crippen molar-refractivity contribution in [2.24, 2.45) is 0 Å². The lowest BCUT2D eigenvalue weighted by Gasteiger charge is -2.33. The van der Waals surface area contributed by atoms with Crippen LogP contribution in [0.15, 0.2) is 18.2 Å². The van der Waals surface area contributed by atoms with Gasteiger partial charge in [-0.15, -0.1) is 5.10 Å². The Hall–Kier alpha value is -2.62. The Morgan fingerprint density at radius 2 is 1.96 bits per heavy atom. The number of nitrogens with zero attached hydrogens (tertiary/aromatic N) is 6. The number of rotatable bonds is 4. The van der Waals surface area contributed by atoms with Gasteiger partial charge in [0.05, 0.1) is 18.8 Å². The molecule has 3 rings (SSSR count). The van der Waals surface area contributed by atoms with Crippen molar-refractivity contribution >= 4 is 6.09 Å². The SMILES string of the molecule is CCOC(=O)N1CCN(Cc2nnnn2-c2ccc(F)c(F)c2)CC1. The predicted octanol–water partition coefficient (Wildman–Crippen LogP) is 1.21. The fourth-order valence-corrected chi connectivity index (χ4v) is 2.62. The number of hydrogen-bond acceptors (Lipinski definition) is 6. The molecular weight excluding hydrogens is 334 g/mol.